The van der Waals surface area contributed by atoms with Crippen LogP contribution in [0.5, 0.6) is 5.75 Å². The largest absolute Gasteiger partial charge is 0.493 e. The zero-order valence-corrected chi connectivity index (χ0v) is 13.1. The molecule has 1 saturated carbocycles. The van der Waals surface area contributed by atoms with Crippen molar-refractivity contribution in [2.75, 3.05) is 13.2 Å². The molecular weight excluding hydrogens is 266 g/mol. The second-order valence-corrected chi connectivity index (χ2v) is 6.46. The molecule has 0 saturated heterocycles. The summed E-state index contributed by atoms with van der Waals surface area (Å²) in [5, 5.41) is 12.4. The minimum Gasteiger partial charge on any atom is -0.493 e. The van der Waals surface area contributed by atoms with Crippen LogP contribution in [0.4, 0.5) is 0 Å². The van der Waals surface area contributed by atoms with E-state index in [1.807, 2.05) is 32.9 Å². The fraction of sp³-hybridized carbons (Fsp3) is 0.588. The van der Waals surface area contributed by atoms with E-state index in [1.165, 1.54) is 12.8 Å². The van der Waals surface area contributed by atoms with Crippen molar-refractivity contribution in [3.63, 3.8) is 0 Å². The number of benzene rings is 1. The molecule has 0 bridgehead atoms. The Bertz CT molecular complexity index is 479. The van der Waals surface area contributed by atoms with Crippen LogP contribution in [0.3, 0.4) is 0 Å². The second-order valence-electron chi connectivity index (χ2n) is 6.46. The number of hydrogen-bond donors (Lipinski definition) is 2. The Balaban J connectivity index is 1.95. The van der Waals surface area contributed by atoms with Gasteiger partial charge in [0.1, 0.15) is 5.75 Å². The number of ether oxygens (including phenoxy) is 1. The average Bonchev–Trinajstić information content (AvgIpc) is 3.29. The molecule has 1 atom stereocenters. The number of amides is 1. The van der Waals surface area contributed by atoms with E-state index in [0.717, 1.165) is 12.4 Å². The molecule has 21 heavy (non-hydrogen) atoms. The fourth-order valence-corrected chi connectivity index (χ4v) is 1.90. The quantitative estimate of drug-likeness (QED) is 0.812. The molecule has 0 unspecified atom stereocenters. The molecule has 1 aliphatic rings. The molecule has 2 N–H and O–H groups in total. The van der Waals surface area contributed by atoms with Crippen molar-refractivity contribution >= 4 is 5.91 Å². The first-order valence-electron chi connectivity index (χ1n) is 7.61. The number of carbonyl (C=O) groups is 1. The van der Waals surface area contributed by atoms with Gasteiger partial charge in [0.05, 0.1) is 18.8 Å². The molecule has 1 amide bonds. The molecule has 0 radical (unpaired) electrons. The molecule has 4 nitrogen and oxygen atoms in total. The Kier molecular flexibility index (Phi) is 4.88. The molecule has 0 spiro atoms. The summed E-state index contributed by atoms with van der Waals surface area (Å²) < 4.78 is 5.65. The van der Waals surface area contributed by atoms with Crippen LogP contribution in [0.25, 0.3) is 0 Å². The number of aliphatic hydroxyl groups is 1. The average molecular weight is 291 g/mol. The first-order chi connectivity index (χ1) is 9.94. The number of rotatable bonds is 7. The summed E-state index contributed by atoms with van der Waals surface area (Å²) >= 11 is 0. The molecule has 0 aliphatic heterocycles. The van der Waals surface area contributed by atoms with Gasteiger partial charge in [-0.05, 0) is 55.9 Å². The molecule has 1 aliphatic carbocycles. The van der Waals surface area contributed by atoms with E-state index in [0.29, 0.717) is 11.5 Å². The summed E-state index contributed by atoms with van der Waals surface area (Å²) in [5.41, 5.74) is -0.0350. The summed E-state index contributed by atoms with van der Waals surface area (Å²) in [6, 6.07) is 7.16. The summed E-state index contributed by atoms with van der Waals surface area (Å²) in [7, 11) is 0. The molecule has 1 aromatic rings. The summed E-state index contributed by atoms with van der Waals surface area (Å²) in [6.45, 7) is 6.49. The van der Waals surface area contributed by atoms with Gasteiger partial charge in [-0.3, -0.25) is 4.79 Å². The Hall–Kier alpha value is -1.55. The van der Waals surface area contributed by atoms with E-state index in [-0.39, 0.29) is 18.4 Å². The first kappa shape index (κ1) is 15.8. The molecule has 0 heterocycles. The van der Waals surface area contributed by atoms with E-state index in [2.05, 4.69) is 5.32 Å². The summed E-state index contributed by atoms with van der Waals surface area (Å²) in [6.07, 6.45) is 2.52. The second kappa shape index (κ2) is 6.48. The van der Waals surface area contributed by atoms with E-state index < -0.39 is 5.54 Å². The van der Waals surface area contributed by atoms with Crippen molar-refractivity contribution in [3.05, 3.63) is 29.8 Å². The predicted molar refractivity (Wildman–Crippen MR) is 82.5 cm³/mol. The Morgan fingerprint density at radius 1 is 1.38 bits per heavy atom. The normalized spacial score (nSPS) is 17.4. The predicted octanol–water partition coefficient (Wildman–Crippen LogP) is 2.61. The van der Waals surface area contributed by atoms with Crippen LogP contribution in [0.1, 0.15) is 44.0 Å². The maximum absolute atomic E-state index is 12.2. The monoisotopic (exact) mass is 291 g/mol. The number of hydrogen-bond acceptors (Lipinski definition) is 3. The minimum absolute atomic E-state index is 0.0843. The zero-order chi connectivity index (χ0) is 15.5. The highest BCUT2D eigenvalue weighted by Gasteiger charge is 2.29. The lowest BCUT2D eigenvalue weighted by molar-refractivity contribution is 0.0784. The lowest BCUT2D eigenvalue weighted by Crippen LogP contribution is -2.52. The van der Waals surface area contributed by atoms with Gasteiger partial charge in [0.2, 0.25) is 0 Å². The molecule has 1 aromatic carbocycles. The first-order valence-corrected chi connectivity index (χ1v) is 7.61. The third-order valence-corrected chi connectivity index (χ3v) is 4.30. The summed E-state index contributed by atoms with van der Waals surface area (Å²) in [5.74, 6) is 1.48. The van der Waals surface area contributed by atoms with Crippen LogP contribution in [0, 0.1) is 11.8 Å². The van der Waals surface area contributed by atoms with Gasteiger partial charge >= 0.3 is 0 Å². The van der Waals surface area contributed by atoms with Gasteiger partial charge in [0, 0.05) is 5.56 Å². The highest BCUT2D eigenvalue weighted by molar-refractivity contribution is 5.94. The van der Waals surface area contributed by atoms with E-state index in [4.69, 9.17) is 4.74 Å². The lowest BCUT2D eigenvalue weighted by Gasteiger charge is -2.32. The highest BCUT2D eigenvalue weighted by Crippen LogP contribution is 2.29. The number of nitrogens with one attached hydrogen (secondary N) is 1. The topological polar surface area (TPSA) is 58.6 Å². The van der Waals surface area contributed by atoms with Gasteiger partial charge in [0.15, 0.2) is 0 Å². The fourth-order valence-electron chi connectivity index (χ4n) is 1.90. The van der Waals surface area contributed by atoms with Crippen molar-refractivity contribution < 1.29 is 14.6 Å². The maximum atomic E-state index is 12.2. The molecule has 4 heteroatoms. The number of aliphatic hydroxyl groups excluding tert-OH is 1. The van der Waals surface area contributed by atoms with Crippen molar-refractivity contribution in [2.24, 2.45) is 11.8 Å². The van der Waals surface area contributed by atoms with Gasteiger partial charge in [-0.2, -0.15) is 0 Å². The van der Waals surface area contributed by atoms with Crippen LogP contribution in [0.2, 0.25) is 0 Å². The molecule has 2 rings (SSSR count). The molecular formula is C17H25NO3. The van der Waals surface area contributed by atoms with E-state index in [1.54, 1.807) is 12.1 Å². The maximum Gasteiger partial charge on any atom is 0.251 e. The van der Waals surface area contributed by atoms with E-state index in [9.17, 15) is 9.90 Å². The van der Waals surface area contributed by atoms with Gasteiger partial charge < -0.3 is 15.2 Å². The molecule has 1 fully saturated rings. The highest BCUT2D eigenvalue weighted by atomic mass is 16.5. The minimum atomic E-state index is -0.613. The third-order valence-electron chi connectivity index (χ3n) is 4.30. The lowest BCUT2D eigenvalue weighted by atomic mass is 9.89. The zero-order valence-electron chi connectivity index (χ0n) is 13.1. The van der Waals surface area contributed by atoms with Crippen molar-refractivity contribution in [3.8, 4) is 5.75 Å². The smallest absolute Gasteiger partial charge is 0.251 e. The van der Waals surface area contributed by atoms with Gasteiger partial charge in [0.25, 0.3) is 5.91 Å². The van der Waals surface area contributed by atoms with Crippen LogP contribution >= 0.6 is 0 Å². The van der Waals surface area contributed by atoms with Crippen LogP contribution in [-0.2, 0) is 0 Å². The third kappa shape index (κ3) is 4.21. The van der Waals surface area contributed by atoms with Gasteiger partial charge in [-0.25, -0.2) is 0 Å². The molecule has 0 aromatic heterocycles. The van der Waals surface area contributed by atoms with Gasteiger partial charge in [-0.15, -0.1) is 0 Å². The standard InChI is InChI=1S/C17H25NO3/c1-12(2)17(3,11-19)18-16(20)14-6-8-15(9-7-14)21-10-13-4-5-13/h6-9,12-13,19H,4-5,10-11H2,1-3H3,(H,18,20)/t17-/m0/s1. The summed E-state index contributed by atoms with van der Waals surface area (Å²) in [4.78, 5) is 12.2. The Morgan fingerprint density at radius 2 is 2.00 bits per heavy atom. The number of carbonyl (C=O) groups excluding carboxylic acids is 1. The van der Waals surface area contributed by atoms with Crippen molar-refractivity contribution in [2.45, 2.75) is 39.2 Å². The van der Waals surface area contributed by atoms with Gasteiger partial charge in [-0.1, -0.05) is 13.8 Å². The van der Waals surface area contributed by atoms with Crippen molar-refractivity contribution in [1.29, 1.82) is 0 Å². The van der Waals surface area contributed by atoms with E-state index >= 15 is 0 Å². The van der Waals surface area contributed by atoms with Crippen molar-refractivity contribution in [1.82, 2.24) is 5.32 Å². The SMILES string of the molecule is CC(C)[C@](C)(CO)NC(=O)c1ccc(OCC2CC2)cc1. The van der Waals surface area contributed by atoms with Crippen LogP contribution in [0.15, 0.2) is 24.3 Å². The Labute approximate surface area is 126 Å². The van der Waals surface area contributed by atoms with Crippen LogP contribution in [-0.4, -0.2) is 29.8 Å². The molecule has 116 valence electrons. The van der Waals surface area contributed by atoms with Crippen LogP contribution < -0.4 is 10.1 Å². The Morgan fingerprint density at radius 3 is 2.48 bits per heavy atom.